The lowest BCUT2D eigenvalue weighted by atomic mass is 10.1. The molecule has 4 nitrogen and oxygen atoms in total. The molecule has 0 radical (unpaired) electrons. The average molecular weight is 427 g/mol. The topological polar surface area (TPSA) is 47.9 Å². The fourth-order valence-electron chi connectivity index (χ4n) is 2.13. The third-order valence-corrected chi connectivity index (χ3v) is 4.50. The Hall–Kier alpha value is -1.82. The predicted molar refractivity (Wildman–Crippen MR) is 97.8 cm³/mol. The van der Waals surface area contributed by atoms with Crippen molar-refractivity contribution in [3.05, 3.63) is 67.7 Å². The van der Waals surface area contributed by atoms with Crippen molar-refractivity contribution in [3.63, 3.8) is 0 Å². The standard InChI is InChI=1S/C17H10BrCl2NO3/c1-23-15-5-3-11(18)6-10(15)8-14-17(22)24-16(21-14)9-2-4-12(19)13(20)7-9/h2-8H,1H3. The Labute approximate surface area is 156 Å². The van der Waals surface area contributed by atoms with Gasteiger partial charge in [0.05, 0.1) is 17.2 Å². The van der Waals surface area contributed by atoms with Gasteiger partial charge >= 0.3 is 5.97 Å². The number of benzene rings is 2. The van der Waals surface area contributed by atoms with Crippen LogP contribution in [0.3, 0.4) is 0 Å². The van der Waals surface area contributed by atoms with Crippen LogP contribution in [0.4, 0.5) is 0 Å². The van der Waals surface area contributed by atoms with E-state index >= 15 is 0 Å². The van der Waals surface area contributed by atoms with Gasteiger partial charge < -0.3 is 9.47 Å². The van der Waals surface area contributed by atoms with Crippen LogP contribution in [0, 0.1) is 0 Å². The van der Waals surface area contributed by atoms with E-state index in [4.69, 9.17) is 32.7 Å². The second kappa shape index (κ2) is 6.97. The Balaban J connectivity index is 2.00. The summed E-state index contributed by atoms with van der Waals surface area (Å²) in [7, 11) is 1.56. The largest absolute Gasteiger partial charge is 0.496 e. The third kappa shape index (κ3) is 3.48. The van der Waals surface area contributed by atoms with Crippen molar-refractivity contribution >= 4 is 57.1 Å². The van der Waals surface area contributed by atoms with E-state index in [0.29, 0.717) is 26.9 Å². The molecule has 1 aliphatic heterocycles. The molecule has 0 aliphatic carbocycles. The van der Waals surface area contributed by atoms with Gasteiger partial charge in [0.25, 0.3) is 0 Å². The second-order valence-electron chi connectivity index (χ2n) is 4.85. The number of nitrogens with zero attached hydrogens (tertiary/aromatic N) is 1. The van der Waals surface area contributed by atoms with Crippen LogP contribution in [0.25, 0.3) is 6.08 Å². The molecule has 1 heterocycles. The molecule has 0 unspecified atom stereocenters. The van der Waals surface area contributed by atoms with E-state index in [1.165, 1.54) is 0 Å². The Morgan fingerprint density at radius 3 is 2.67 bits per heavy atom. The van der Waals surface area contributed by atoms with Gasteiger partial charge in [-0.3, -0.25) is 0 Å². The van der Waals surface area contributed by atoms with E-state index in [-0.39, 0.29) is 11.6 Å². The fraction of sp³-hybridized carbons (Fsp3) is 0.0588. The Morgan fingerprint density at radius 1 is 1.17 bits per heavy atom. The minimum Gasteiger partial charge on any atom is -0.496 e. The lowest BCUT2D eigenvalue weighted by Gasteiger charge is -2.04. The van der Waals surface area contributed by atoms with Crippen LogP contribution in [0.2, 0.25) is 10.0 Å². The summed E-state index contributed by atoms with van der Waals surface area (Å²) in [5.74, 6) is 0.258. The van der Waals surface area contributed by atoms with Crippen molar-refractivity contribution in [1.29, 1.82) is 0 Å². The van der Waals surface area contributed by atoms with E-state index in [1.54, 1.807) is 37.5 Å². The number of cyclic esters (lactones) is 1. The summed E-state index contributed by atoms with van der Waals surface area (Å²) in [5, 5.41) is 0.777. The van der Waals surface area contributed by atoms with Crippen LogP contribution in [0.15, 0.2) is 51.6 Å². The van der Waals surface area contributed by atoms with E-state index in [0.717, 1.165) is 4.47 Å². The van der Waals surface area contributed by atoms with Crippen molar-refractivity contribution < 1.29 is 14.3 Å². The van der Waals surface area contributed by atoms with Crippen molar-refractivity contribution in [2.24, 2.45) is 4.99 Å². The maximum absolute atomic E-state index is 12.1. The van der Waals surface area contributed by atoms with Gasteiger partial charge in [-0.1, -0.05) is 39.1 Å². The van der Waals surface area contributed by atoms with Gasteiger partial charge in [0.2, 0.25) is 5.90 Å². The Bertz CT molecular complexity index is 893. The molecule has 0 spiro atoms. The van der Waals surface area contributed by atoms with E-state index in [2.05, 4.69) is 20.9 Å². The quantitative estimate of drug-likeness (QED) is 0.506. The lowest BCUT2D eigenvalue weighted by Crippen LogP contribution is -2.05. The number of hydrogen-bond donors (Lipinski definition) is 0. The molecule has 0 bridgehead atoms. The molecule has 3 rings (SSSR count). The Kier molecular flexibility index (Phi) is 4.94. The molecule has 7 heteroatoms. The molecule has 0 aromatic heterocycles. The summed E-state index contributed by atoms with van der Waals surface area (Å²) >= 11 is 15.3. The second-order valence-corrected chi connectivity index (χ2v) is 6.58. The monoisotopic (exact) mass is 425 g/mol. The summed E-state index contributed by atoms with van der Waals surface area (Å²) < 4.78 is 11.4. The predicted octanol–water partition coefficient (Wildman–Crippen LogP) is 5.11. The first-order valence-electron chi connectivity index (χ1n) is 6.79. The zero-order valence-electron chi connectivity index (χ0n) is 12.3. The molecule has 1 aliphatic rings. The summed E-state index contributed by atoms with van der Waals surface area (Å²) in [6.07, 6.45) is 1.61. The van der Waals surface area contributed by atoms with Gasteiger partial charge in [0, 0.05) is 15.6 Å². The smallest absolute Gasteiger partial charge is 0.363 e. The third-order valence-electron chi connectivity index (χ3n) is 3.27. The normalized spacial score (nSPS) is 15.4. The zero-order valence-corrected chi connectivity index (χ0v) is 15.4. The Morgan fingerprint density at radius 2 is 1.96 bits per heavy atom. The fourth-order valence-corrected chi connectivity index (χ4v) is 2.80. The highest BCUT2D eigenvalue weighted by molar-refractivity contribution is 9.10. The minimum atomic E-state index is -0.543. The SMILES string of the molecule is COc1ccc(Br)cc1C=C1N=C(c2ccc(Cl)c(Cl)c2)OC1=O. The van der Waals surface area contributed by atoms with Crippen LogP contribution in [0.1, 0.15) is 11.1 Å². The molecule has 2 aromatic carbocycles. The van der Waals surface area contributed by atoms with Crippen molar-refractivity contribution in [2.75, 3.05) is 7.11 Å². The van der Waals surface area contributed by atoms with Gasteiger partial charge in [0.15, 0.2) is 5.70 Å². The number of carbonyl (C=O) groups is 1. The number of rotatable bonds is 3. The molecule has 0 saturated carbocycles. The molecule has 0 N–H and O–H groups in total. The van der Waals surface area contributed by atoms with Crippen molar-refractivity contribution in [1.82, 2.24) is 0 Å². The highest BCUT2D eigenvalue weighted by Gasteiger charge is 2.25. The summed E-state index contributed by atoms with van der Waals surface area (Å²) in [6.45, 7) is 0. The van der Waals surface area contributed by atoms with Crippen molar-refractivity contribution in [2.45, 2.75) is 0 Å². The number of carbonyl (C=O) groups excluding carboxylic acids is 1. The number of esters is 1. The van der Waals surface area contributed by atoms with E-state index < -0.39 is 5.97 Å². The first-order chi connectivity index (χ1) is 11.5. The maximum atomic E-state index is 12.1. The molecule has 0 amide bonds. The van der Waals surface area contributed by atoms with E-state index in [9.17, 15) is 4.79 Å². The van der Waals surface area contributed by atoms with Crippen LogP contribution >= 0.6 is 39.1 Å². The number of hydrogen-bond acceptors (Lipinski definition) is 4. The van der Waals surface area contributed by atoms with Gasteiger partial charge in [-0.2, -0.15) is 0 Å². The van der Waals surface area contributed by atoms with Gasteiger partial charge in [-0.25, -0.2) is 9.79 Å². The van der Waals surface area contributed by atoms with Gasteiger partial charge in [0.1, 0.15) is 5.75 Å². The van der Waals surface area contributed by atoms with Gasteiger partial charge in [-0.05, 0) is 42.5 Å². The summed E-state index contributed by atoms with van der Waals surface area (Å²) in [6, 6.07) is 10.4. The first kappa shape index (κ1) is 17.0. The van der Waals surface area contributed by atoms with Crippen molar-refractivity contribution in [3.8, 4) is 5.75 Å². The molecule has 2 aromatic rings. The highest BCUT2D eigenvalue weighted by atomic mass is 79.9. The van der Waals surface area contributed by atoms with Crippen LogP contribution in [-0.4, -0.2) is 19.0 Å². The summed E-state index contributed by atoms with van der Waals surface area (Å²) in [4.78, 5) is 16.3. The number of ether oxygens (including phenoxy) is 2. The first-order valence-corrected chi connectivity index (χ1v) is 8.34. The molecular weight excluding hydrogens is 417 g/mol. The molecule has 24 heavy (non-hydrogen) atoms. The van der Waals surface area contributed by atoms with E-state index in [1.807, 2.05) is 12.1 Å². The van der Waals surface area contributed by atoms with Crippen LogP contribution < -0.4 is 4.74 Å². The molecule has 122 valence electrons. The zero-order chi connectivity index (χ0) is 17.3. The van der Waals surface area contributed by atoms with Gasteiger partial charge in [-0.15, -0.1) is 0 Å². The molecule has 0 saturated heterocycles. The van der Waals surface area contributed by atoms with Crippen LogP contribution in [-0.2, 0) is 9.53 Å². The lowest BCUT2D eigenvalue weighted by molar-refractivity contribution is -0.129. The highest BCUT2D eigenvalue weighted by Crippen LogP contribution is 2.29. The van der Waals surface area contributed by atoms with Crippen LogP contribution in [0.5, 0.6) is 5.75 Å². The minimum absolute atomic E-state index is 0.174. The number of aliphatic imine (C=N–C) groups is 1. The number of halogens is 3. The molecule has 0 atom stereocenters. The average Bonchev–Trinajstić information content (AvgIpc) is 2.91. The molecular formula is C17H10BrCl2NO3. The maximum Gasteiger partial charge on any atom is 0.363 e. The number of methoxy groups -OCH3 is 1. The molecule has 0 fully saturated rings. The summed E-state index contributed by atoms with van der Waals surface area (Å²) in [5.41, 5.74) is 1.45.